The zero-order chi connectivity index (χ0) is 22.0. The molecule has 0 aliphatic heterocycles. The Morgan fingerprint density at radius 2 is 1.81 bits per heavy atom. The van der Waals surface area contributed by atoms with E-state index >= 15 is 0 Å². The highest BCUT2D eigenvalue weighted by molar-refractivity contribution is 6.04. The smallest absolute Gasteiger partial charge is 0.278 e. The number of aryl methyl sites for hydroxylation is 2. The lowest BCUT2D eigenvalue weighted by Gasteiger charge is -2.12. The van der Waals surface area contributed by atoms with Crippen molar-refractivity contribution in [1.29, 1.82) is 0 Å². The lowest BCUT2D eigenvalue weighted by atomic mass is 10.1. The van der Waals surface area contributed by atoms with Crippen molar-refractivity contribution in [1.82, 2.24) is 19.8 Å². The molecule has 0 unspecified atom stereocenters. The van der Waals surface area contributed by atoms with Gasteiger partial charge in [0.1, 0.15) is 11.5 Å². The van der Waals surface area contributed by atoms with Crippen molar-refractivity contribution >= 4 is 17.2 Å². The zero-order valence-electron chi connectivity index (χ0n) is 17.8. The number of aromatic nitrogens is 4. The number of nitrogens with zero attached hydrogens (tertiary/aromatic N) is 4. The number of nitrogens with one attached hydrogen (secondary N) is 1. The summed E-state index contributed by atoms with van der Waals surface area (Å²) in [6.45, 7) is 6.10. The summed E-state index contributed by atoms with van der Waals surface area (Å²) in [5.41, 5.74) is 4.57. The van der Waals surface area contributed by atoms with Crippen molar-refractivity contribution in [3.63, 3.8) is 0 Å². The highest BCUT2D eigenvalue weighted by Crippen LogP contribution is 2.29. The number of ether oxygens (including phenoxy) is 2. The minimum Gasteiger partial charge on any atom is -0.497 e. The van der Waals surface area contributed by atoms with Crippen LogP contribution in [0.15, 0.2) is 48.5 Å². The van der Waals surface area contributed by atoms with Crippen LogP contribution in [0.25, 0.3) is 16.8 Å². The molecule has 8 nitrogen and oxygen atoms in total. The fourth-order valence-corrected chi connectivity index (χ4v) is 3.45. The second kappa shape index (κ2) is 8.43. The number of carbonyl (C=O) groups excluding carboxylic acids is 1. The summed E-state index contributed by atoms with van der Waals surface area (Å²) in [6.07, 6.45) is 0. The van der Waals surface area contributed by atoms with Crippen molar-refractivity contribution in [3.05, 3.63) is 65.6 Å². The second-order valence-corrected chi connectivity index (χ2v) is 6.94. The first-order chi connectivity index (χ1) is 15.0. The summed E-state index contributed by atoms with van der Waals surface area (Å²) in [6, 6.07) is 14.9. The van der Waals surface area contributed by atoms with E-state index in [1.54, 1.807) is 30.7 Å². The van der Waals surface area contributed by atoms with Gasteiger partial charge in [0.05, 0.1) is 36.4 Å². The lowest BCUT2D eigenvalue weighted by molar-refractivity contribution is 0.101. The van der Waals surface area contributed by atoms with E-state index < -0.39 is 0 Å². The fourth-order valence-electron chi connectivity index (χ4n) is 3.45. The fraction of sp³-hybridized carbons (Fsp3) is 0.217. The SMILES string of the molecule is CCOc1ccccc1NC(=O)c1nnc2c(-c3ccc(OC)cc3)c(C)nn2c1C. The minimum atomic E-state index is -0.377. The first kappa shape index (κ1) is 20.3. The summed E-state index contributed by atoms with van der Waals surface area (Å²) in [7, 11) is 1.63. The molecular formula is C23H23N5O3. The Labute approximate surface area is 179 Å². The van der Waals surface area contributed by atoms with E-state index in [4.69, 9.17) is 9.47 Å². The molecule has 2 heterocycles. The molecule has 0 aliphatic rings. The van der Waals surface area contributed by atoms with Crippen LogP contribution in [0.2, 0.25) is 0 Å². The molecule has 2 aromatic heterocycles. The standard InChI is InChI=1S/C23H23N5O3/c1-5-31-19-9-7-6-8-18(19)24-23(29)21-15(3)28-22(26-25-21)20(14(2)27-28)16-10-12-17(30-4)13-11-16/h6-13H,5H2,1-4H3,(H,24,29). The van der Waals surface area contributed by atoms with Crippen LogP contribution in [-0.4, -0.2) is 39.4 Å². The van der Waals surface area contributed by atoms with Gasteiger partial charge in [-0.15, -0.1) is 10.2 Å². The van der Waals surface area contributed by atoms with Crippen LogP contribution >= 0.6 is 0 Å². The number of rotatable bonds is 6. The minimum absolute atomic E-state index is 0.197. The van der Waals surface area contributed by atoms with Gasteiger partial charge in [-0.05, 0) is 50.6 Å². The van der Waals surface area contributed by atoms with Gasteiger partial charge in [-0.3, -0.25) is 4.79 Å². The number of benzene rings is 2. The van der Waals surface area contributed by atoms with Gasteiger partial charge >= 0.3 is 0 Å². The van der Waals surface area contributed by atoms with E-state index in [1.165, 1.54) is 0 Å². The topological polar surface area (TPSA) is 90.6 Å². The van der Waals surface area contributed by atoms with Crippen LogP contribution in [0.1, 0.15) is 28.8 Å². The molecule has 0 spiro atoms. The molecule has 0 fully saturated rings. The van der Waals surface area contributed by atoms with Crippen LogP contribution in [0.5, 0.6) is 11.5 Å². The number of fused-ring (bicyclic) bond motifs is 1. The van der Waals surface area contributed by atoms with Crippen LogP contribution in [-0.2, 0) is 0 Å². The van der Waals surface area contributed by atoms with Gasteiger partial charge in [-0.1, -0.05) is 24.3 Å². The third kappa shape index (κ3) is 3.79. The van der Waals surface area contributed by atoms with Crippen LogP contribution in [0, 0.1) is 13.8 Å². The number of hydrogen-bond acceptors (Lipinski definition) is 6. The maximum Gasteiger partial charge on any atom is 0.278 e. The molecule has 0 bridgehead atoms. The van der Waals surface area contributed by atoms with Gasteiger partial charge in [0, 0.05) is 0 Å². The molecule has 4 aromatic rings. The van der Waals surface area contributed by atoms with E-state index in [-0.39, 0.29) is 11.6 Å². The van der Waals surface area contributed by atoms with Gasteiger partial charge in [0.25, 0.3) is 5.91 Å². The maximum atomic E-state index is 12.9. The van der Waals surface area contributed by atoms with Crippen molar-refractivity contribution < 1.29 is 14.3 Å². The van der Waals surface area contributed by atoms with E-state index in [0.29, 0.717) is 29.4 Å². The second-order valence-electron chi connectivity index (χ2n) is 6.94. The van der Waals surface area contributed by atoms with Crippen molar-refractivity contribution in [2.75, 3.05) is 19.0 Å². The predicted molar refractivity (Wildman–Crippen MR) is 118 cm³/mol. The molecule has 2 aromatic carbocycles. The lowest BCUT2D eigenvalue weighted by Crippen LogP contribution is -2.19. The van der Waals surface area contributed by atoms with Gasteiger partial charge in [-0.25, -0.2) is 4.52 Å². The third-order valence-electron chi connectivity index (χ3n) is 4.97. The summed E-state index contributed by atoms with van der Waals surface area (Å²) in [5.74, 6) is 0.992. The highest BCUT2D eigenvalue weighted by atomic mass is 16.5. The molecule has 8 heteroatoms. The average Bonchev–Trinajstić information content (AvgIpc) is 3.12. The third-order valence-corrected chi connectivity index (χ3v) is 4.97. The summed E-state index contributed by atoms with van der Waals surface area (Å²) < 4.78 is 12.5. The Morgan fingerprint density at radius 1 is 1.06 bits per heavy atom. The molecular weight excluding hydrogens is 394 g/mol. The van der Waals surface area contributed by atoms with E-state index in [9.17, 15) is 4.79 Å². The number of hydrogen-bond donors (Lipinski definition) is 1. The Balaban J connectivity index is 1.71. The molecule has 1 N–H and O–H groups in total. The van der Waals surface area contributed by atoms with Gasteiger partial charge < -0.3 is 14.8 Å². The summed E-state index contributed by atoms with van der Waals surface area (Å²) >= 11 is 0. The number of amides is 1. The molecule has 1 amide bonds. The van der Waals surface area contributed by atoms with Crippen LogP contribution in [0.3, 0.4) is 0 Å². The Kier molecular flexibility index (Phi) is 5.53. The van der Waals surface area contributed by atoms with Gasteiger partial charge in [0.2, 0.25) is 0 Å². The molecule has 0 radical (unpaired) electrons. The Hall–Kier alpha value is -3.94. The van der Waals surface area contributed by atoms with E-state index in [1.807, 2.05) is 50.2 Å². The zero-order valence-corrected chi connectivity index (χ0v) is 17.8. The summed E-state index contributed by atoms with van der Waals surface area (Å²) in [4.78, 5) is 12.9. The molecule has 0 aliphatic carbocycles. The highest BCUT2D eigenvalue weighted by Gasteiger charge is 2.21. The summed E-state index contributed by atoms with van der Waals surface area (Å²) in [5, 5.41) is 16.0. The Morgan fingerprint density at radius 3 is 2.52 bits per heavy atom. The van der Waals surface area contributed by atoms with Crippen LogP contribution in [0.4, 0.5) is 5.69 Å². The normalized spacial score (nSPS) is 10.8. The number of carbonyl (C=O) groups is 1. The maximum absolute atomic E-state index is 12.9. The van der Waals surface area contributed by atoms with E-state index in [2.05, 4.69) is 20.6 Å². The molecule has 0 saturated carbocycles. The Bertz CT molecular complexity index is 1250. The predicted octanol–water partition coefficient (Wildman–Crippen LogP) is 4.07. The average molecular weight is 417 g/mol. The van der Waals surface area contributed by atoms with Crippen molar-refractivity contribution in [3.8, 4) is 22.6 Å². The molecule has 4 rings (SSSR count). The molecule has 31 heavy (non-hydrogen) atoms. The molecule has 0 saturated heterocycles. The van der Waals surface area contributed by atoms with Gasteiger partial charge in [0.15, 0.2) is 11.3 Å². The van der Waals surface area contributed by atoms with Crippen LogP contribution < -0.4 is 14.8 Å². The van der Waals surface area contributed by atoms with Gasteiger partial charge in [-0.2, -0.15) is 5.10 Å². The quantitative estimate of drug-likeness (QED) is 0.509. The van der Waals surface area contributed by atoms with Crippen molar-refractivity contribution in [2.45, 2.75) is 20.8 Å². The number of para-hydroxylation sites is 2. The van der Waals surface area contributed by atoms with Crippen molar-refractivity contribution in [2.24, 2.45) is 0 Å². The number of methoxy groups -OCH3 is 1. The monoisotopic (exact) mass is 417 g/mol. The number of anilines is 1. The van der Waals surface area contributed by atoms with E-state index in [0.717, 1.165) is 22.6 Å². The largest absolute Gasteiger partial charge is 0.497 e. The molecule has 158 valence electrons. The molecule has 0 atom stereocenters. The first-order valence-corrected chi connectivity index (χ1v) is 9.93. The first-order valence-electron chi connectivity index (χ1n) is 9.93.